The molecule has 0 unspecified atom stereocenters. The molecule has 21 heavy (non-hydrogen) atoms. The van der Waals surface area contributed by atoms with Crippen molar-refractivity contribution in [3.63, 3.8) is 0 Å². The normalized spacial score (nSPS) is 10.7. The molecule has 0 bridgehead atoms. The monoisotopic (exact) mass is 310 g/mol. The molecule has 1 aromatic heterocycles. The van der Waals surface area contributed by atoms with Crippen molar-refractivity contribution in [2.45, 2.75) is 26.4 Å². The fourth-order valence-electron chi connectivity index (χ4n) is 1.64. The summed E-state index contributed by atoms with van der Waals surface area (Å²) < 4.78 is 15.8. The van der Waals surface area contributed by atoms with Crippen molar-refractivity contribution in [3.8, 4) is 11.5 Å². The van der Waals surface area contributed by atoms with Gasteiger partial charge in [-0.05, 0) is 12.1 Å². The van der Waals surface area contributed by atoms with Gasteiger partial charge in [0.25, 0.3) is 5.89 Å². The van der Waals surface area contributed by atoms with E-state index in [4.69, 9.17) is 25.6 Å². The number of methoxy groups -OCH3 is 1. The first kappa shape index (κ1) is 15.3. The zero-order valence-electron chi connectivity index (χ0n) is 11.9. The highest BCUT2D eigenvalue weighted by atomic mass is 35.5. The molecule has 0 fully saturated rings. The molecule has 1 heterocycles. The van der Waals surface area contributed by atoms with Gasteiger partial charge in [-0.1, -0.05) is 30.6 Å². The van der Waals surface area contributed by atoms with E-state index in [1.54, 1.807) is 6.07 Å². The van der Waals surface area contributed by atoms with Crippen molar-refractivity contribution in [1.29, 1.82) is 0 Å². The van der Waals surface area contributed by atoms with Crippen LogP contribution in [0.25, 0.3) is 0 Å². The molecular weight excluding hydrogens is 296 g/mol. The third kappa shape index (κ3) is 3.52. The quantitative estimate of drug-likeness (QED) is 0.762. The molecule has 112 valence electrons. The molecule has 0 N–H and O–H groups in total. The molecule has 0 spiro atoms. The average Bonchev–Trinajstić information content (AvgIpc) is 2.94. The van der Waals surface area contributed by atoms with Crippen LogP contribution in [0.5, 0.6) is 11.5 Å². The molecule has 0 atom stereocenters. The summed E-state index contributed by atoms with van der Waals surface area (Å²) in [6.45, 7) is 4.00. The Morgan fingerprint density at radius 2 is 2.19 bits per heavy atom. The summed E-state index contributed by atoms with van der Waals surface area (Å²) >= 11 is 6.08. The Labute approximate surface area is 127 Å². The molecule has 0 radical (unpaired) electrons. The van der Waals surface area contributed by atoms with Gasteiger partial charge < -0.3 is 14.0 Å². The van der Waals surface area contributed by atoms with Crippen LogP contribution in [0.3, 0.4) is 0 Å². The minimum absolute atomic E-state index is 0.0657. The molecule has 7 heteroatoms. The fraction of sp³-hybridized carbons (Fsp3) is 0.357. The Morgan fingerprint density at radius 1 is 1.43 bits per heavy atom. The first-order valence-corrected chi connectivity index (χ1v) is 6.71. The lowest BCUT2D eigenvalue weighted by Crippen LogP contribution is -2.00. The minimum atomic E-state index is 0.0657. The van der Waals surface area contributed by atoms with Crippen molar-refractivity contribution in [3.05, 3.63) is 34.4 Å². The number of nitrogens with zero attached hydrogens (tertiary/aromatic N) is 2. The maximum atomic E-state index is 10.8. The highest BCUT2D eigenvalue weighted by molar-refractivity contribution is 6.32. The summed E-state index contributed by atoms with van der Waals surface area (Å²) in [6.07, 6.45) is 0.686. The number of rotatable bonds is 6. The number of carbonyl (C=O) groups excluding carboxylic acids is 1. The smallest absolute Gasteiger partial charge is 0.264 e. The lowest BCUT2D eigenvalue weighted by molar-refractivity contribution is 0.112. The summed E-state index contributed by atoms with van der Waals surface area (Å²) in [5, 5.41) is 4.12. The molecule has 0 saturated carbocycles. The van der Waals surface area contributed by atoms with Crippen molar-refractivity contribution in [2.75, 3.05) is 7.11 Å². The number of ether oxygens (including phenoxy) is 2. The number of halogens is 1. The number of aldehydes is 1. The number of hydrogen-bond donors (Lipinski definition) is 0. The summed E-state index contributed by atoms with van der Waals surface area (Å²) in [5.74, 6) is 1.83. The van der Waals surface area contributed by atoms with Crippen LogP contribution in [-0.2, 0) is 6.61 Å². The predicted octanol–water partition coefficient (Wildman–Crippen LogP) is 3.25. The van der Waals surface area contributed by atoms with Crippen LogP contribution in [-0.4, -0.2) is 23.5 Å². The van der Waals surface area contributed by atoms with E-state index >= 15 is 0 Å². The second-order valence-corrected chi connectivity index (χ2v) is 5.05. The number of hydrogen-bond acceptors (Lipinski definition) is 6. The van der Waals surface area contributed by atoms with E-state index in [0.717, 1.165) is 0 Å². The van der Waals surface area contributed by atoms with Crippen LogP contribution in [0.2, 0.25) is 5.02 Å². The summed E-state index contributed by atoms with van der Waals surface area (Å²) in [5.41, 5.74) is 0.407. The Hall–Kier alpha value is -2.08. The molecular formula is C14H15ClN2O4. The van der Waals surface area contributed by atoms with E-state index in [9.17, 15) is 4.79 Å². The second kappa shape index (κ2) is 6.58. The fourth-order valence-corrected chi connectivity index (χ4v) is 1.92. The second-order valence-electron chi connectivity index (χ2n) is 4.64. The number of benzene rings is 1. The maximum absolute atomic E-state index is 10.8. The summed E-state index contributed by atoms with van der Waals surface area (Å²) in [7, 11) is 1.47. The Kier molecular flexibility index (Phi) is 4.80. The van der Waals surface area contributed by atoms with Gasteiger partial charge in [-0.25, -0.2) is 0 Å². The van der Waals surface area contributed by atoms with Gasteiger partial charge in [0.15, 0.2) is 23.9 Å². The number of carbonyl (C=O) groups is 1. The van der Waals surface area contributed by atoms with Gasteiger partial charge in [0, 0.05) is 11.5 Å². The topological polar surface area (TPSA) is 74.5 Å². The van der Waals surface area contributed by atoms with Crippen molar-refractivity contribution < 1.29 is 18.8 Å². The van der Waals surface area contributed by atoms with Crippen LogP contribution >= 0.6 is 11.6 Å². The van der Waals surface area contributed by atoms with E-state index in [2.05, 4.69) is 10.1 Å². The summed E-state index contributed by atoms with van der Waals surface area (Å²) in [6, 6.07) is 3.04. The maximum Gasteiger partial charge on any atom is 0.264 e. The van der Waals surface area contributed by atoms with Gasteiger partial charge in [0.2, 0.25) is 0 Å². The van der Waals surface area contributed by atoms with Crippen LogP contribution < -0.4 is 9.47 Å². The van der Waals surface area contributed by atoms with Gasteiger partial charge in [-0.2, -0.15) is 4.98 Å². The third-order valence-electron chi connectivity index (χ3n) is 2.73. The standard InChI is InChI=1S/C14H15ClN2O4/c1-8(2)14-16-12(21-17-14)7-20-13-10(15)4-9(6-18)5-11(13)19-3/h4-6,8H,7H2,1-3H3. The zero-order chi connectivity index (χ0) is 15.4. The van der Waals surface area contributed by atoms with E-state index in [1.165, 1.54) is 13.2 Å². The molecule has 0 saturated heterocycles. The van der Waals surface area contributed by atoms with E-state index in [-0.39, 0.29) is 17.5 Å². The molecule has 6 nitrogen and oxygen atoms in total. The molecule has 2 rings (SSSR count). The molecule has 0 aliphatic heterocycles. The molecule has 0 aliphatic carbocycles. The molecule has 0 aliphatic rings. The van der Waals surface area contributed by atoms with Crippen molar-refractivity contribution in [1.82, 2.24) is 10.1 Å². The lowest BCUT2D eigenvalue weighted by atomic mass is 10.2. The Balaban J connectivity index is 2.17. The highest BCUT2D eigenvalue weighted by Gasteiger charge is 2.15. The van der Waals surface area contributed by atoms with Gasteiger partial charge in [0.05, 0.1) is 12.1 Å². The van der Waals surface area contributed by atoms with Gasteiger partial charge in [-0.3, -0.25) is 4.79 Å². The Morgan fingerprint density at radius 3 is 2.76 bits per heavy atom. The van der Waals surface area contributed by atoms with Crippen LogP contribution in [0.15, 0.2) is 16.7 Å². The van der Waals surface area contributed by atoms with Gasteiger partial charge in [0.1, 0.15) is 6.29 Å². The Bertz CT molecular complexity index is 640. The van der Waals surface area contributed by atoms with Crippen molar-refractivity contribution >= 4 is 17.9 Å². The van der Waals surface area contributed by atoms with E-state index in [0.29, 0.717) is 35.1 Å². The SMILES string of the molecule is COc1cc(C=O)cc(Cl)c1OCc1nc(C(C)C)no1. The van der Waals surface area contributed by atoms with Crippen molar-refractivity contribution in [2.24, 2.45) is 0 Å². The lowest BCUT2D eigenvalue weighted by Gasteiger charge is -2.11. The van der Waals surface area contributed by atoms with E-state index < -0.39 is 0 Å². The minimum Gasteiger partial charge on any atom is -0.493 e. The van der Waals surface area contributed by atoms with Gasteiger partial charge >= 0.3 is 0 Å². The first-order chi connectivity index (χ1) is 10.0. The zero-order valence-corrected chi connectivity index (χ0v) is 12.7. The average molecular weight is 311 g/mol. The van der Waals surface area contributed by atoms with E-state index in [1.807, 2.05) is 13.8 Å². The largest absolute Gasteiger partial charge is 0.493 e. The van der Waals surface area contributed by atoms with Crippen LogP contribution in [0, 0.1) is 0 Å². The molecule has 2 aromatic rings. The van der Waals surface area contributed by atoms with Gasteiger partial charge in [-0.15, -0.1) is 0 Å². The van der Waals surface area contributed by atoms with Crippen LogP contribution in [0.1, 0.15) is 41.8 Å². The highest BCUT2D eigenvalue weighted by Crippen LogP contribution is 2.36. The summed E-state index contributed by atoms with van der Waals surface area (Å²) in [4.78, 5) is 15.0. The molecule has 0 amide bonds. The first-order valence-electron chi connectivity index (χ1n) is 6.33. The molecule has 1 aromatic carbocycles. The third-order valence-corrected chi connectivity index (χ3v) is 3.01. The predicted molar refractivity (Wildman–Crippen MR) is 76.1 cm³/mol. The number of aromatic nitrogens is 2. The van der Waals surface area contributed by atoms with Crippen LogP contribution in [0.4, 0.5) is 0 Å².